The molecule has 0 saturated carbocycles. The van der Waals surface area contributed by atoms with Gasteiger partial charge in [0.2, 0.25) is 5.82 Å². The van der Waals surface area contributed by atoms with E-state index in [2.05, 4.69) is 23.1 Å². The summed E-state index contributed by atoms with van der Waals surface area (Å²) < 4.78 is 10.7. The van der Waals surface area contributed by atoms with Crippen LogP contribution < -0.4 is 4.74 Å². The topological polar surface area (TPSA) is 91.3 Å². The van der Waals surface area contributed by atoms with Crippen LogP contribution in [0.3, 0.4) is 0 Å². The van der Waals surface area contributed by atoms with E-state index in [4.69, 9.17) is 9.26 Å². The molecule has 3 aromatic rings. The van der Waals surface area contributed by atoms with Crippen LogP contribution in [-0.4, -0.2) is 21.7 Å². The minimum absolute atomic E-state index is 0.122. The summed E-state index contributed by atoms with van der Waals surface area (Å²) in [5, 5.41) is 15.4. The van der Waals surface area contributed by atoms with E-state index in [0.717, 1.165) is 18.4 Å². The largest absolute Gasteiger partial charge is 0.487 e. The van der Waals surface area contributed by atoms with Gasteiger partial charge in [0.1, 0.15) is 0 Å². The lowest BCUT2D eigenvalue weighted by molar-refractivity contribution is -0.385. The molecule has 1 heterocycles. The van der Waals surface area contributed by atoms with Crippen LogP contribution in [0.1, 0.15) is 37.3 Å². The van der Waals surface area contributed by atoms with Gasteiger partial charge in [0.25, 0.3) is 5.89 Å². The molecule has 0 radical (unpaired) electrons. The van der Waals surface area contributed by atoms with Crippen LogP contribution in [0.4, 0.5) is 5.69 Å². The first-order chi connectivity index (χ1) is 13.1. The number of ether oxygens (including phenoxy) is 1. The van der Waals surface area contributed by atoms with E-state index in [1.54, 1.807) is 19.1 Å². The maximum Gasteiger partial charge on any atom is 0.311 e. The third kappa shape index (κ3) is 3.05. The summed E-state index contributed by atoms with van der Waals surface area (Å²) in [6.07, 6.45) is 2.10. The lowest BCUT2D eigenvalue weighted by atomic mass is 9.99. The molecule has 0 unspecified atom stereocenters. The maximum atomic E-state index is 11.3. The number of nitro groups is 1. The van der Waals surface area contributed by atoms with Crippen LogP contribution in [0, 0.1) is 10.1 Å². The molecule has 0 spiro atoms. The molecule has 4 rings (SSSR count). The Hall–Kier alpha value is -3.22. The molecular weight excluding hydrogens is 346 g/mol. The minimum atomic E-state index is -0.475. The first-order valence-electron chi connectivity index (χ1n) is 8.96. The summed E-state index contributed by atoms with van der Waals surface area (Å²) in [5.74, 6) is 1.51. The molecule has 0 amide bonds. The number of nitro benzene ring substituents is 1. The molecule has 7 nitrogen and oxygen atoms in total. The standard InChI is InChI=1S/C20H19N3O4/c1-3-26-18-10-8-13(11-17(18)23(24)25)20-21-19(22-27-20)16-6-4-5-14-12(2)7-9-15(14)16/h4-6,8,10-12H,3,7,9H2,1-2H3/t12-/m1/s1. The van der Waals surface area contributed by atoms with E-state index in [0.29, 0.717) is 23.9 Å². The zero-order valence-electron chi connectivity index (χ0n) is 15.1. The molecule has 0 N–H and O–H groups in total. The van der Waals surface area contributed by atoms with Crippen molar-refractivity contribution in [2.75, 3.05) is 6.61 Å². The van der Waals surface area contributed by atoms with Crippen LogP contribution in [-0.2, 0) is 6.42 Å². The highest BCUT2D eigenvalue weighted by Crippen LogP contribution is 2.38. The monoisotopic (exact) mass is 365 g/mol. The summed E-state index contributed by atoms with van der Waals surface area (Å²) in [4.78, 5) is 15.3. The van der Waals surface area contributed by atoms with Gasteiger partial charge in [-0.15, -0.1) is 0 Å². The average Bonchev–Trinajstić information content (AvgIpc) is 3.30. The average molecular weight is 365 g/mol. The van der Waals surface area contributed by atoms with Crippen LogP contribution in [0.25, 0.3) is 22.8 Å². The van der Waals surface area contributed by atoms with Gasteiger partial charge in [0.05, 0.1) is 11.5 Å². The zero-order chi connectivity index (χ0) is 19.0. The molecule has 1 aliphatic carbocycles. The van der Waals surface area contributed by atoms with E-state index >= 15 is 0 Å². The number of fused-ring (bicyclic) bond motifs is 1. The van der Waals surface area contributed by atoms with Crippen molar-refractivity contribution in [3.63, 3.8) is 0 Å². The summed E-state index contributed by atoms with van der Waals surface area (Å²) in [6.45, 7) is 4.35. The lowest BCUT2D eigenvalue weighted by Gasteiger charge is -2.06. The molecule has 0 aliphatic heterocycles. The number of hydrogen-bond acceptors (Lipinski definition) is 6. The summed E-state index contributed by atoms with van der Waals surface area (Å²) >= 11 is 0. The number of benzene rings is 2. The van der Waals surface area contributed by atoms with Crippen LogP contribution in [0.5, 0.6) is 5.75 Å². The predicted molar refractivity (Wildman–Crippen MR) is 99.7 cm³/mol. The molecule has 7 heteroatoms. The Kier molecular flexibility index (Phi) is 4.35. The number of nitrogens with zero attached hydrogens (tertiary/aromatic N) is 3. The Morgan fingerprint density at radius 2 is 2.19 bits per heavy atom. The fourth-order valence-electron chi connectivity index (χ4n) is 3.59. The van der Waals surface area contributed by atoms with Crippen molar-refractivity contribution in [3.8, 4) is 28.6 Å². The first kappa shape index (κ1) is 17.2. The molecule has 1 aliphatic rings. The number of rotatable bonds is 5. The van der Waals surface area contributed by atoms with E-state index in [1.807, 2.05) is 12.1 Å². The molecular formula is C20H19N3O4. The van der Waals surface area contributed by atoms with Gasteiger partial charge < -0.3 is 9.26 Å². The van der Waals surface area contributed by atoms with Crippen molar-refractivity contribution >= 4 is 5.69 Å². The predicted octanol–water partition coefficient (Wildman–Crippen LogP) is 4.76. The SMILES string of the molecule is CCOc1ccc(-c2nc(-c3cccc4c3CC[C@H]4C)no2)cc1[N+](=O)[O-]. The Morgan fingerprint density at radius 3 is 2.96 bits per heavy atom. The van der Waals surface area contributed by atoms with Crippen molar-refractivity contribution in [3.05, 3.63) is 57.6 Å². The fraction of sp³-hybridized carbons (Fsp3) is 0.300. The molecule has 0 saturated heterocycles. The smallest absolute Gasteiger partial charge is 0.311 e. The Balaban J connectivity index is 1.72. The molecule has 2 aromatic carbocycles. The summed E-state index contributed by atoms with van der Waals surface area (Å²) in [7, 11) is 0. The van der Waals surface area contributed by atoms with E-state index in [-0.39, 0.29) is 17.3 Å². The van der Waals surface area contributed by atoms with Crippen molar-refractivity contribution in [2.24, 2.45) is 0 Å². The lowest BCUT2D eigenvalue weighted by Crippen LogP contribution is -1.97. The van der Waals surface area contributed by atoms with Gasteiger partial charge in [-0.05, 0) is 48.9 Å². The summed E-state index contributed by atoms with van der Waals surface area (Å²) in [5.41, 5.74) is 3.92. The Morgan fingerprint density at radius 1 is 1.33 bits per heavy atom. The highest BCUT2D eigenvalue weighted by atomic mass is 16.6. The third-order valence-corrected chi connectivity index (χ3v) is 4.94. The maximum absolute atomic E-state index is 11.3. The van der Waals surface area contributed by atoms with Gasteiger partial charge >= 0.3 is 5.69 Å². The first-order valence-corrected chi connectivity index (χ1v) is 8.96. The van der Waals surface area contributed by atoms with Crippen LogP contribution in [0.15, 0.2) is 40.9 Å². The van der Waals surface area contributed by atoms with Gasteiger partial charge in [0, 0.05) is 17.2 Å². The van der Waals surface area contributed by atoms with Gasteiger partial charge in [-0.2, -0.15) is 4.98 Å². The Bertz CT molecular complexity index is 1010. The van der Waals surface area contributed by atoms with Gasteiger partial charge in [0.15, 0.2) is 5.75 Å². The van der Waals surface area contributed by atoms with Crippen LogP contribution in [0.2, 0.25) is 0 Å². The second-order valence-electron chi connectivity index (χ2n) is 6.61. The van der Waals surface area contributed by atoms with Crippen molar-refractivity contribution < 1.29 is 14.2 Å². The quantitative estimate of drug-likeness (QED) is 0.478. The zero-order valence-corrected chi connectivity index (χ0v) is 15.1. The summed E-state index contributed by atoms with van der Waals surface area (Å²) in [6, 6.07) is 10.8. The van der Waals surface area contributed by atoms with Gasteiger partial charge in [-0.3, -0.25) is 10.1 Å². The molecule has 138 valence electrons. The molecule has 27 heavy (non-hydrogen) atoms. The van der Waals surface area contributed by atoms with Crippen molar-refractivity contribution in [1.29, 1.82) is 0 Å². The van der Waals surface area contributed by atoms with Crippen LogP contribution >= 0.6 is 0 Å². The highest BCUT2D eigenvalue weighted by Gasteiger charge is 2.24. The van der Waals surface area contributed by atoms with E-state index < -0.39 is 4.92 Å². The van der Waals surface area contributed by atoms with E-state index in [9.17, 15) is 10.1 Å². The number of hydrogen-bond donors (Lipinski definition) is 0. The molecule has 1 aromatic heterocycles. The van der Waals surface area contributed by atoms with Crippen molar-refractivity contribution in [1.82, 2.24) is 10.1 Å². The second-order valence-corrected chi connectivity index (χ2v) is 6.61. The molecule has 0 fully saturated rings. The highest BCUT2D eigenvalue weighted by molar-refractivity contribution is 5.67. The minimum Gasteiger partial charge on any atom is -0.487 e. The second kappa shape index (κ2) is 6.83. The van der Waals surface area contributed by atoms with Gasteiger partial charge in [-0.1, -0.05) is 30.3 Å². The molecule has 0 bridgehead atoms. The fourth-order valence-corrected chi connectivity index (χ4v) is 3.59. The molecule has 1 atom stereocenters. The Labute approximate surface area is 156 Å². The third-order valence-electron chi connectivity index (χ3n) is 4.94. The van der Waals surface area contributed by atoms with E-state index in [1.165, 1.54) is 17.2 Å². The van der Waals surface area contributed by atoms with Gasteiger partial charge in [-0.25, -0.2) is 0 Å². The number of aromatic nitrogens is 2. The normalized spacial score (nSPS) is 15.6. The van der Waals surface area contributed by atoms with Crippen molar-refractivity contribution in [2.45, 2.75) is 32.6 Å².